The van der Waals surface area contributed by atoms with Gasteiger partial charge in [-0.25, -0.2) is 0 Å². The normalized spacial score (nSPS) is 11.6. The summed E-state index contributed by atoms with van der Waals surface area (Å²) in [7, 11) is 0. The Morgan fingerprint density at radius 2 is 0.673 bits per heavy atom. The molecule has 0 atom stereocenters. The number of aromatic nitrogens is 1. The van der Waals surface area contributed by atoms with Gasteiger partial charge in [0, 0.05) is 28.4 Å². The molecule has 1 nitrogen and oxygen atoms in total. The lowest BCUT2D eigenvalue weighted by Crippen LogP contribution is -1.93. The summed E-state index contributed by atoms with van der Waals surface area (Å²) < 4.78 is 2.44. The van der Waals surface area contributed by atoms with Gasteiger partial charge in [0.15, 0.2) is 0 Å². The molecule has 55 heavy (non-hydrogen) atoms. The van der Waals surface area contributed by atoms with Crippen LogP contribution in [-0.2, 0) is 6.54 Å². The smallest absolute Gasteiger partial charge is 0.0491 e. The van der Waals surface area contributed by atoms with Gasteiger partial charge in [-0.15, -0.1) is 0 Å². The van der Waals surface area contributed by atoms with Crippen LogP contribution in [0.15, 0.2) is 182 Å². The van der Waals surface area contributed by atoms with E-state index in [1.165, 1.54) is 110 Å². The summed E-state index contributed by atoms with van der Waals surface area (Å²) in [4.78, 5) is 0. The Bertz CT molecular complexity index is 3040. The first-order chi connectivity index (χ1) is 27.0. The van der Waals surface area contributed by atoms with Gasteiger partial charge in [-0.2, -0.15) is 0 Å². The zero-order valence-corrected chi connectivity index (χ0v) is 31.5. The van der Waals surface area contributed by atoms with Crippen molar-refractivity contribution in [2.45, 2.75) is 27.3 Å². The highest BCUT2D eigenvalue weighted by Crippen LogP contribution is 2.45. The average molecular weight is 704 g/mol. The number of nitrogens with zero attached hydrogens (tertiary/aromatic N) is 1. The van der Waals surface area contributed by atoms with E-state index >= 15 is 0 Å². The van der Waals surface area contributed by atoms with Crippen molar-refractivity contribution >= 4 is 43.4 Å². The quantitative estimate of drug-likeness (QED) is 0.152. The second-order valence-electron chi connectivity index (χ2n) is 14.9. The summed E-state index contributed by atoms with van der Waals surface area (Å²) in [5, 5.41) is 7.73. The SMILES string of the molecule is CCn1c2ccc(-c3ccccc3)cc2c2cc(-c3ccc(-c4c5ccc(C)cc5c(-c5ccc(-c6ccccc6)cc5)c5ccc(C)cc45)cc3)ccc21. The van der Waals surface area contributed by atoms with Crippen LogP contribution in [0.4, 0.5) is 0 Å². The molecule has 0 aliphatic heterocycles. The molecular weight excluding hydrogens is 663 g/mol. The van der Waals surface area contributed by atoms with E-state index in [0.29, 0.717) is 0 Å². The molecule has 0 N–H and O–H groups in total. The highest BCUT2D eigenvalue weighted by molar-refractivity contribution is 6.21. The monoisotopic (exact) mass is 703 g/mol. The van der Waals surface area contributed by atoms with Crippen LogP contribution in [0.2, 0.25) is 0 Å². The number of hydrogen-bond donors (Lipinski definition) is 0. The maximum atomic E-state index is 2.44. The van der Waals surface area contributed by atoms with Gasteiger partial charge < -0.3 is 4.57 Å². The van der Waals surface area contributed by atoms with Gasteiger partial charge in [0.2, 0.25) is 0 Å². The molecule has 0 amide bonds. The summed E-state index contributed by atoms with van der Waals surface area (Å²) in [5.41, 5.74) is 17.5. The zero-order chi connectivity index (χ0) is 37.0. The van der Waals surface area contributed by atoms with E-state index in [4.69, 9.17) is 0 Å². The van der Waals surface area contributed by atoms with Crippen molar-refractivity contribution in [3.63, 3.8) is 0 Å². The first-order valence-corrected chi connectivity index (χ1v) is 19.4. The van der Waals surface area contributed by atoms with Gasteiger partial charge in [-0.05, 0) is 122 Å². The molecule has 1 aromatic heterocycles. The number of fused-ring (bicyclic) bond motifs is 5. The fourth-order valence-electron chi connectivity index (χ4n) is 8.80. The third-order valence-corrected chi connectivity index (χ3v) is 11.5. The van der Waals surface area contributed by atoms with E-state index in [9.17, 15) is 0 Å². The van der Waals surface area contributed by atoms with Gasteiger partial charge in [0.25, 0.3) is 0 Å². The lowest BCUT2D eigenvalue weighted by atomic mass is 9.84. The van der Waals surface area contributed by atoms with Gasteiger partial charge in [0.05, 0.1) is 0 Å². The predicted octanol–water partition coefficient (Wildman–Crippen LogP) is 15.1. The van der Waals surface area contributed by atoms with Crippen molar-refractivity contribution in [2.24, 2.45) is 0 Å². The van der Waals surface area contributed by atoms with Crippen molar-refractivity contribution in [3.05, 3.63) is 193 Å². The lowest BCUT2D eigenvalue weighted by molar-refractivity contribution is 0.827. The molecule has 1 heteroatoms. The summed E-state index contributed by atoms with van der Waals surface area (Å²) in [6, 6.07) is 67.5. The molecule has 0 spiro atoms. The predicted molar refractivity (Wildman–Crippen MR) is 237 cm³/mol. The molecule has 0 fully saturated rings. The minimum absolute atomic E-state index is 0.928. The summed E-state index contributed by atoms with van der Waals surface area (Å²) >= 11 is 0. The van der Waals surface area contributed by atoms with Crippen molar-refractivity contribution < 1.29 is 0 Å². The van der Waals surface area contributed by atoms with Crippen molar-refractivity contribution in [2.75, 3.05) is 0 Å². The molecule has 0 unspecified atom stereocenters. The lowest BCUT2D eigenvalue weighted by Gasteiger charge is -2.19. The van der Waals surface area contributed by atoms with E-state index in [1.807, 2.05) is 0 Å². The van der Waals surface area contributed by atoms with Crippen LogP contribution < -0.4 is 0 Å². The molecule has 262 valence electrons. The van der Waals surface area contributed by atoms with Crippen molar-refractivity contribution in [3.8, 4) is 55.6 Å². The molecule has 9 aromatic carbocycles. The Morgan fingerprint density at radius 3 is 1.11 bits per heavy atom. The molecular formula is C54H41N. The van der Waals surface area contributed by atoms with Gasteiger partial charge in [0.1, 0.15) is 0 Å². The first kappa shape index (κ1) is 32.9. The van der Waals surface area contributed by atoms with Crippen LogP contribution in [0.5, 0.6) is 0 Å². The third kappa shape index (κ3) is 5.63. The van der Waals surface area contributed by atoms with Crippen LogP contribution in [-0.4, -0.2) is 4.57 Å². The molecule has 1 heterocycles. The Kier molecular flexibility index (Phi) is 7.96. The third-order valence-electron chi connectivity index (χ3n) is 11.5. The standard InChI is InChI=1S/C54H41N/c1-4-55-51-29-25-43(38-13-9-6-10-14-38)33-47(51)48-34-44(26-30-52(48)55)40-19-23-42(24-20-40)54-46-28-16-35(2)31-49(46)53(45-27-15-36(3)32-50(45)54)41-21-17-39(18-22-41)37-11-7-5-8-12-37/h5-34H,4H2,1-3H3. The van der Waals surface area contributed by atoms with Crippen LogP contribution >= 0.6 is 0 Å². The second kappa shape index (κ2) is 13.3. The Morgan fingerprint density at radius 1 is 0.309 bits per heavy atom. The fraction of sp³-hybridized carbons (Fsp3) is 0.0741. The minimum atomic E-state index is 0.928. The molecule has 0 radical (unpaired) electrons. The molecule has 0 aliphatic rings. The van der Waals surface area contributed by atoms with Gasteiger partial charge in [-0.1, -0.05) is 169 Å². The Hall–Kier alpha value is -6.70. The maximum Gasteiger partial charge on any atom is 0.0491 e. The number of hydrogen-bond acceptors (Lipinski definition) is 0. The van der Waals surface area contributed by atoms with E-state index in [1.54, 1.807) is 0 Å². The molecule has 0 aliphatic carbocycles. The summed E-state index contributed by atoms with van der Waals surface area (Å²) in [6.07, 6.45) is 0. The molecule has 10 aromatic rings. The largest absolute Gasteiger partial charge is 0.341 e. The number of aryl methyl sites for hydroxylation is 3. The molecule has 0 saturated heterocycles. The van der Waals surface area contributed by atoms with E-state index < -0.39 is 0 Å². The van der Waals surface area contributed by atoms with Crippen LogP contribution in [0, 0.1) is 13.8 Å². The fourth-order valence-corrected chi connectivity index (χ4v) is 8.80. The Balaban J connectivity index is 1.10. The number of rotatable bonds is 6. The zero-order valence-electron chi connectivity index (χ0n) is 31.5. The second-order valence-corrected chi connectivity index (χ2v) is 14.9. The molecule has 10 rings (SSSR count). The average Bonchev–Trinajstić information content (AvgIpc) is 3.56. The molecule has 0 saturated carbocycles. The van der Waals surface area contributed by atoms with Crippen molar-refractivity contribution in [1.82, 2.24) is 4.57 Å². The highest BCUT2D eigenvalue weighted by atomic mass is 15.0. The Labute approximate surface area is 322 Å². The highest BCUT2D eigenvalue weighted by Gasteiger charge is 2.18. The molecule has 0 bridgehead atoms. The summed E-state index contributed by atoms with van der Waals surface area (Å²) in [5.74, 6) is 0. The van der Waals surface area contributed by atoms with Crippen LogP contribution in [0.1, 0.15) is 18.1 Å². The first-order valence-electron chi connectivity index (χ1n) is 19.4. The minimum Gasteiger partial charge on any atom is -0.341 e. The maximum absolute atomic E-state index is 2.44. The topological polar surface area (TPSA) is 4.93 Å². The van der Waals surface area contributed by atoms with Crippen LogP contribution in [0.3, 0.4) is 0 Å². The van der Waals surface area contributed by atoms with Crippen LogP contribution in [0.25, 0.3) is 99.0 Å². The van der Waals surface area contributed by atoms with E-state index in [-0.39, 0.29) is 0 Å². The number of benzene rings is 9. The van der Waals surface area contributed by atoms with E-state index in [0.717, 1.165) is 6.54 Å². The van der Waals surface area contributed by atoms with Crippen molar-refractivity contribution in [1.29, 1.82) is 0 Å². The van der Waals surface area contributed by atoms with Gasteiger partial charge in [-0.3, -0.25) is 0 Å². The van der Waals surface area contributed by atoms with E-state index in [2.05, 4.69) is 207 Å². The van der Waals surface area contributed by atoms with Gasteiger partial charge >= 0.3 is 0 Å². The summed E-state index contributed by atoms with van der Waals surface area (Å²) in [6.45, 7) is 7.57.